The minimum Gasteiger partial charge on any atom is -0.452 e. The summed E-state index contributed by atoms with van der Waals surface area (Å²) in [6.07, 6.45) is 0. The van der Waals surface area contributed by atoms with Crippen LogP contribution in [0.2, 0.25) is 5.02 Å². The van der Waals surface area contributed by atoms with Crippen molar-refractivity contribution in [3.63, 3.8) is 0 Å². The normalized spacial score (nSPS) is 10.1. The molecule has 0 heterocycles. The van der Waals surface area contributed by atoms with E-state index in [9.17, 15) is 4.39 Å². The van der Waals surface area contributed by atoms with Crippen LogP contribution in [0.25, 0.3) is 0 Å². The fourth-order valence-electron chi connectivity index (χ4n) is 1.64. The number of nitrogen functional groups attached to an aromatic ring is 2. The molecule has 0 spiro atoms. The summed E-state index contributed by atoms with van der Waals surface area (Å²) in [5, 5.41) is 8.62. The van der Waals surface area contributed by atoms with E-state index in [0.717, 1.165) is 5.56 Å². The van der Waals surface area contributed by atoms with Gasteiger partial charge in [0.1, 0.15) is 10.8 Å². The van der Waals surface area contributed by atoms with Crippen molar-refractivity contribution in [3.05, 3.63) is 46.2 Å². The highest BCUT2D eigenvalue weighted by Crippen LogP contribution is 2.38. The van der Waals surface area contributed by atoms with Gasteiger partial charge in [0, 0.05) is 0 Å². The molecule has 0 bridgehead atoms. The molecule has 20 heavy (non-hydrogen) atoms. The van der Waals surface area contributed by atoms with Gasteiger partial charge in [0.25, 0.3) is 0 Å². The molecule has 0 aliphatic rings. The standard InChI is InChI=1S/C14H11ClFN3O/c1-7-2-3-8(6-17)4-11(7)20-14-10(19)5-9(18)12(15)13(14)16/h2-5H,18-19H2,1H3. The van der Waals surface area contributed by atoms with E-state index in [1.165, 1.54) is 12.1 Å². The number of hydrogen-bond donors (Lipinski definition) is 2. The fourth-order valence-corrected chi connectivity index (χ4v) is 1.78. The van der Waals surface area contributed by atoms with Gasteiger partial charge in [0.2, 0.25) is 0 Å². The van der Waals surface area contributed by atoms with Gasteiger partial charge in [-0.25, -0.2) is 4.39 Å². The first-order valence-corrected chi connectivity index (χ1v) is 6.03. The second kappa shape index (κ2) is 5.27. The summed E-state index contributed by atoms with van der Waals surface area (Å²) in [6.45, 7) is 1.77. The number of nitrogens with zero attached hydrogens (tertiary/aromatic N) is 1. The highest BCUT2D eigenvalue weighted by atomic mass is 35.5. The van der Waals surface area contributed by atoms with Crippen molar-refractivity contribution < 1.29 is 9.13 Å². The monoisotopic (exact) mass is 291 g/mol. The smallest absolute Gasteiger partial charge is 0.188 e. The number of nitrogens with two attached hydrogens (primary N) is 2. The minimum atomic E-state index is -0.828. The van der Waals surface area contributed by atoms with Crippen molar-refractivity contribution in [2.45, 2.75) is 6.92 Å². The van der Waals surface area contributed by atoms with Gasteiger partial charge in [-0.15, -0.1) is 0 Å². The third-order valence-electron chi connectivity index (χ3n) is 2.75. The van der Waals surface area contributed by atoms with E-state index in [0.29, 0.717) is 11.3 Å². The van der Waals surface area contributed by atoms with E-state index in [1.807, 2.05) is 6.07 Å². The highest BCUT2D eigenvalue weighted by Gasteiger charge is 2.17. The topological polar surface area (TPSA) is 85.1 Å². The lowest BCUT2D eigenvalue weighted by Crippen LogP contribution is -2.00. The van der Waals surface area contributed by atoms with E-state index in [2.05, 4.69) is 0 Å². The molecule has 0 unspecified atom stereocenters. The van der Waals surface area contributed by atoms with Crippen LogP contribution in [0, 0.1) is 24.1 Å². The number of ether oxygens (including phenoxy) is 1. The predicted molar refractivity (Wildman–Crippen MR) is 76.2 cm³/mol. The summed E-state index contributed by atoms with van der Waals surface area (Å²) in [5.41, 5.74) is 12.4. The van der Waals surface area contributed by atoms with Gasteiger partial charge in [-0.3, -0.25) is 0 Å². The molecule has 6 heteroatoms. The van der Waals surface area contributed by atoms with Crippen LogP contribution >= 0.6 is 11.6 Å². The van der Waals surface area contributed by atoms with Crippen LogP contribution in [0.15, 0.2) is 24.3 Å². The van der Waals surface area contributed by atoms with Gasteiger partial charge < -0.3 is 16.2 Å². The lowest BCUT2D eigenvalue weighted by atomic mass is 10.1. The Bertz CT molecular complexity index is 725. The summed E-state index contributed by atoms with van der Waals surface area (Å²) in [5.74, 6) is -0.705. The van der Waals surface area contributed by atoms with E-state index in [1.54, 1.807) is 19.1 Å². The molecule has 2 aromatic carbocycles. The number of halogens is 2. The Kier molecular flexibility index (Phi) is 3.68. The Labute approximate surface area is 120 Å². The molecule has 4 nitrogen and oxygen atoms in total. The molecule has 0 aliphatic carbocycles. The van der Waals surface area contributed by atoms with Crippen LogP contribution in [0.4, 0.5) is 15.8 Å². The molecule has 0 aromatic heterocycles. The van der Waals surface area contributed by atoms with Crippen molar-refractivity contribution in [2.24, 2.45) is 0 Å². The maximum Gasteiger partial charge on any atom is 0.188 e. The van der Waals surface area contributed by atoms with Crippen LogP contribution in [-0.4, -0.2) is 0 Å². The molecule has 0 radical (unpaired) electrons. The van der Waals surface area contributed by atoms with E-state index < -0.39 is 5.82 Å². The largest absolute Gasteiger partial charge is 0.452 e. The Morgan fingerprint density at radius 1 is 1.25 bits per heavy atom. The van der Waals surface area contributed by atoms with E-state index in [-0.39, 0.29) is 22.1 Å². The summed E-state index contributed by atoms with van der Waals surface area (Å²) < 4.78 is 19.5. The Hall–Kier alpha value is -2.45. The van der Waals surface area contributed by atoms with Crippen molar-refractivity contribution >= 4 is 23.0 Å². The number of aryl methyl sites for hydroxylation is 1. The number of nitriles is 1. The molecule has 0 saturated heterocycles. The lowest BCUT2D eigenvalue weighted by molar-refractivity contribution is 0.442. The van der Waals surface area contributed by atoms with Crippen LogP contribution in [0.1, 0.15) is 11.1 Å². The molecule has 2 rings (SSSR count). The Morgan fingerprint density at radius 3 is 2.60 bits per heavy atom. The first-order valence-electron chi connectivity index (χ1n) is 5.65. The zero-order valence-electron chi connectivity index (χ0n) is 10.6. The van der Waals surface area contributed by atoms with Gasteiger partial charge in [0.15, 0.2) is 11.6 Å². The number of hydrogen-bond acceptors (Lipinski definition) is 4. The van der Waals surface area contributed by atoms with Crippen LogP contribution in [-0.2, 0) is 0 Å². The average Bonchev–Trinajstić information content (AvgIpc) is 2.43. The number of anilines is 2. The zero-order chi connectivity index (χ0) is 14.9. The van der Waals surface area contributed by atoms with Gasteiger partial charge in [-0.05, 0) is 30.7 Å². The van der Waals surface area contributed by atoms with Crippen molar-refractivity contribution in [3.8, 4) is 17.6 Å². The molecular formula is C14H11ClFN3O. The number of rotatable bonds is 2. The summed E-state index contributed by atoms with van der Waals surface area (Å²) in [7, 11) is 0. The van der Waals surface area contributed by atoms with Gasteiger partial charge in [0.05, 0.1) is 23.0 Å². The first-order chi connectivity index (χ1) is 9.43. The van der Waals surface area contributed by atoms with Crippen LogP contribution in [0.5, 0.6) is 11.5 Å². The van der Waals surface area contributed by atoms with Crippen molar-refractivity contribution in [1.29, 1.82) is 5.26 Å². The Balaban J connectivity index is 2.51. The summed E-state index contributed by atoms with van der Waals surface area (Å²) in [4.78, 5) is 0. The molecule has 0 atom stereocenters. The quantitative estimate of drug-likeness (QED) is 0.828. The molecule has 2 aromatic rings. The van der Waals surface area contributed by atoms with E-state index >= 15 is 0 Å². The summed E-state index contributed by atoms with van der Waals surface area (Å²) in [6, 6.07) is 8.13. The molecule has 0 aliphatic heterocycles. The van der Waals surface area contributed by atoms with Gasteiger partial charge in [-0.2, -0.15) is 5.26 Å². The van der Waals surface area contributed by atoms with Crippen molar-refractivity contribution in [1.82, 2.24) is 0 Å². The molecule has 0 fully saturated rings. The zero-order valence-corrected chi connectivity index (χ0v) is 11.3. The first kappa shape index (κ1) is 14.0. The van der Waals surface area contributed by atoms with Crippen LogP contribution < -0.4 is 16.2 Å². The molecular weight excluding hydrogens is 281 g/mol. The average molecular weight is 292 g/mol. The molecule has 0 amide bonds. The maximum absolute atomic E-state index is 14.0. The second-order valence-electron chi connectivity index (χ2n) is 4.21. The maximum atomic E-state index is 14.0. The fraction of sp³-hybridized carbons (Fsp3) is 0.0714. The van der Waals surface area contributed by atoms with Gasteiger partial charge >= 0.3 is 0 Å². The SMILES string of the molecule is Cc1ccc(C#N)cc1Oc1c(N)cc(N)c(Cl)c1F. The summed E-state index contributed by atoms with van der Waals surface area (Å²) >= 11 is 5.73. The van der Waals surface area contributed by atoms with Gasteiger partial charge in [-0.1, -0.05) is 17.7 Å². The highest BCUT2D eigenvalue weighted by molar-refractivity contribution is 6.33. The van der Waals surface area contributed by atoms with E-state index in [4.69, 9.17) is 33.1 Å². The third kappa shape index (κ3) is 2.46. The predicted octanol–water partition coefficient (Wildman–Crippen LogP) is 3.62. The van der Waals surface area contributed by atoms with Crippen molar-refractivity contribution in [2.75, 3.05) is 11.5 Å². The Morgan fingerprint density at radius 2 is 1.95 bits per heavy atom. The third-order valence-corrected chi connectivity index (χ3v) is 3.13. The molecule has 102 valence electrons. The number of benzene rings is 2. The van der Waals surface area contributed by atoms with Crippen LogP contribution in [0.3, 0.4) is 0 Å². The molecule has 0 saturated carbocycles. The molecule has 4 N–H and O–H groups in total. The minimum absolute atomic E-state index is 0.0335. The lowest BCUT2D eigenvalue weighted by Gasteiger charge is -2.13. The second-order valence-corrected chi connectivity index (χ2v) is 4.58.